The van der Waals surface area contributed by atoms with Gasteiger partial charge in [-0.1, -0.05) is 19.1 Å². The third kappa shape index (κ3) is 3.06. The van der Waals surface area contributed by atoms with Gasteiger partial charge >= 0.3 is 0 Å². The van der Waals surface area contributed by atoms with Crippen LogP contribution in [0.2, 0.25) is 0 Å². The number of pyridine rings is 1. The van der Waals surface area contributed by atoms with E-state index in [0.29, 0.717) is 0 Å². The topological polar surface area (TPSA) is 36.7 Å². The fourth-order valence-electron chi connectivity index (χ4n) is 3.21. The molecule has 4 rings (SSSR count). The monoisotopic (exact) mass is 380 g/mol. The van der Waals surface area contributed by atoms with Crippen LogP contribution in [0.5, 0.6) is 0 Å². The number of allylic oxidation sites excluding steroid dienone is 1. The van der Waals surface area contributed by atoms with E-state index in [1.807, 2.05) is 0 Å². The van der Waals surface area contributed by atoms with E-state index in [0.717, 1.165) is 40.4 Å². The second-order valence-electron chi connectivity index (χ2n) is 5.70. The van der Waals surface area contributed by atoms with E-state index in [1.54, 1.807) is 34.4 Å². The Bertz CT molecular complexity index is 962. The van der Waals surface area contributed by atoms with E-state index in [9.17, 15) is 5.26 Å². The molecule has 2 nitrogen and oxygen atoms in total. The number of aromatic nitrogens is 1. The molecule has 0 radical (unpaired) electrons. The van der Waals surface area contributed by atoms with Gasteiger partial charge in [0.1, 0.15) is 11.1 Å². The predicted molar refractivity (Wildman–Crippen MR) is 109 cm³/mol. The summed E-state index contributed by atoms with van der Waals surface area (Å²) >= 11 is 5.11. The summed E-state index contributed by atoms with van der Waals surface area (Å²) in [6, 6.07) is 10.8. The number of thiophene rings is 2. The summed E-state index contributed by atoms with van der Waals surface area (Å²) in [6.45, 7) is 2.11. The van der Waals surface area contributed by atoms with Crippen molar-refractivity contribution in [3.8, 4) is 16.5 Å². The first-order chi connectivity index (χ1) is 12.3. The number of fused-ring (bicyclic) bond motifs is 1. The van der Waals surface area contributed by atoms with E-state index in [1.165, 1.54) is 20.9 Å². The third-order valence-electron chi connectivity index (χ3n) is 4.23. The maximum atomic E-state index is 9.82. The van der Waals surface area contributed by atoms with Crippen LogP contribution >= 0.6 is 34.4 Å². The zero-order chi connectivity index (χ0) is 17.2. The van der Waals surface area contributed by atoms with Gasteiger partial charge in [-0.2, -0.15) is 5.26 Å². The lowest BCUT2D eigenvalue weighted by atomic mass is 10.0. The lowest BCUT2D eigenvalue weighted by Crippen LogP contribution is -1.99. The molecule has 3 aromatic rings. The zero-order valence-corrected chi connectivity index (χ0v) is 16.2. The Balaban J connectivity index is 1.95. The normalized spacial score (nSPS) is 14.6. The summed E-state index contributed by atoms with van der Waals surface area (Å²) in [6.07, 6.45) is 4.20. The van der Waals surface area contributed by atoms with Gasteiger partial charge in [0.2, 0.25) is 0 Å². The minimum Gasteiger partial charge on any atom is -0.240 e. The quantitative estimate of drug-likeness (QED) is 0.495. The Morgan fingerprint density at radius 3 is 2.76 bits per heavy atom. The molecule has 0 aliphatic heterocycles. The Morgan fingerprint density at radius 2 is 2.08 bits per heavy atom. The van der Waals surface area contributed by atoms with Crippen molar-refractivity contribution in [1.82, 2.24) is 4.98 Å². The van der Waals surface area contributed by atoms with E-state index >= 15 is 0 Å². The van der Waals surface area contributed by atoms with Gasteiger partial charge in [-0.15, -0.1) is 34.4 Å². The van der Waals surface area contributed by atoms with Crippen LogP contribution in [0.25, 0.3) is 22.1 Å². The average molecular weight is 381 g/mol. The van der Waals surface area contributed by atoms with Gasteiger partial charge in [0.15, 0.2) is 0 Å². The number of rotatable bonds is 4. The summed E-state index contributed by atoms with van der Waals surface area (Å²) in [5.74, 6) is 0.911. The van der Waals surface area contributed by atoms with Crippen LogP contribution in [0.1, 0.15) is 35.0 Å². The molecule has 124 valence electrons. The molecule has 0 unspecified atom stereocenters. The Labute approximate surface area is 159 Å². The fraction of sp³-hybridized carbons (Fsp3) is 0.200. The van der Waals surface area contributed by atoms with E-state index in [-0.39, 0.29) is 0 Å². The molecule has 0 amide bonds. The van der Waals surface area contributed by atoms with Crippen LogP contribution in [0.4, 0.5) is 0 Å². The van der Waals surface area contributed by atoms with Gasteiger partial charge < -0.3 is 0 Å². The van der Waals surface area contributed by atoms with Crippen molar-refractivity contribution in [2.75, 3.05) is 5.75 Å². The second kappa shape index (κ2) is 7.17. The Hall–Kier alpha value is -1.87. The number of hydrogen-bond acceptors (Lipinski definition) is 5. The molecule has 0 bridgehead atoms. The fourth-order valence-corrected chi connectivity index (χ4v) is 5.42. The molecule has 0 saturated heterocycles. The van der Waals surface area contributed by atoms with Crippen molar-refractivity contribution in [1.29, 1.82) is 5.26 Å². The van der Waals surface area contributed by atoms with Crippen molar-refractivity contribution in [2.45, 2.75) is 24.8 Å². The van der Waals surface area contributed by atoms with E-state index in [4.69, 9.17) is 4.98 Å². The van der Waals surface area contributed by atoms with Crippen LogP contribution in [0.3, 0.4) is 0 Å². The van der Waals surface area contributed by atoms with E-state index < -0.39 is 0 Å². The molecule has 0 aromatic carbocycles. The smallest absolute Gasteiger partial charge is 0.115 e. The molecule has 3 aromatic heterocycles. The van der Waals surface area contributed by atoms with E-state index in [2.05, 4.69) is 54.1 Å². The van der Waals surface area contributed by atoms with Gasteiger partial charge in [0.05, 0.1) is 11.3 Å². The first kappa shape index (κ1) is 16.6. The third-order valence-corrected chi connectivity index (χ3v) is 6.80. The molecule has 0 spiro atoms. The molecule has 0 fully saturated rings. The lowest BCUT2D eigenvalue weighted by Gasteiger charge is -2.13. The molecular weight excluding hydrogens is 364 g/mol. The van der Waals surface area contributed by atoms with Crippen molar-refractivity contribution in [3.63, 3.8) is 0 Å². The SMILES string of the molecule is CCSc1nc2c(c(-c3cccs3)c1C#N)CCC2=Cc1cccs1. The van der Waals surface area contributed by atoms with Crippen LogP contribution in [0, 0.1) is 11.3 Å². The maximum absolute atomic E-state index is 9.82. The van der Waals surface area contributed by atoms with Crippen molar-refractivity contribution in [2.24, 2.45) is 0 Å². The molecule has 1 aliphatic carbocycles. The first-order valence-electron chi connectivity index (χ1n) is 8.20. The summed E-state index contributed by atoms with van der Waals surface area (Å²) in [7, 11) is 0. The highest BCUT2D eigenvalue weighted by Gasteiger charge is 2.27. The summed E-state index contributed by atoms with van der Waals surface area (Å²) in [4.78, 5) is 7.36. The maximum Gasteiger partial charge on any atom is 0.115 e. The molecule has 3 heterocycles. The Morgan fingerprint density at radius 1 is 1.24 bits per heavy atom. The highest BCUT2D eigenvalue weighted by atomic mass is 32.2. The minimum absolute atomic E-state index is 0.741. The largest absolute Gasteiger partial charge is 0.240 e. The predicted octanol–water partition coefficient (Wildman–Crippen LogP) is 6.34. The van der Waals surface area contributed by atoms with Crippen molar-refractivity contribution in [3.05, 3.63) is 56.7 Å². The number of thioether (sulfide) groups is 1. The molecule has 0 atom stereocenters. The molecule has 1 aliphatic rings. The molecule has 0 N–H and O–H groups in total. The average Bonchev–Trinajstić information content (AvgIpc) is 3.37. The van der Waals surface area contributed by atoms with Crippen LogP contribution in [0.15, 0.2) is 40.1 Å². The standard InChI is InChI=1S/C20H16N2S3/c1-2-23-20-16(12-21)18(17-6-4-10-25-17)15-8-7-13(19(15)22-20)11-14-5-3-9-24-14/h3-6,9-11H,2,7-8H2,1H3. The Kier molecular flexibility index (Phi) is 4.76. The molecular formula is C20H16N2S3. The number of nitrogens with zero attached hydrogens (tertiary/aromatic N) is 2. The van der Waals surface area contributed by atoms with Gasteiger partial charge in [0, 0.05) is 15.3 Å². The summed E-state index contributed by atoms with van der Waals surface area (Å²) in [5.41, 5.74) is 5.46. The molecule has 25 heavy (non-hydrogen) atoms. The van der Waals surface area contributed by atoms with Crippen LogP contribution in [-0.2, 0) is 6.42 Å². The van der Waals surface area contributed by atoms with Gasteiger partial charge in [0.25, 0.3) is 0 Å². The number of hydrogen-bond donors (Lipinski definition) is 0. The summed E-state index contributed by atoms with van der Waals surface area (Å²) in [5, 5.41) is 14.9. The second-order valence-corrected chi connectivity index (χ2v) is 8.88. The summed E-state index contributed by atoms with van der Waals surface area (Å²) < 4.78 is 0. The van der Waals surface area contributed by atoms with Crippen molar-refractivity contribution >= 4 is 46.1 Å². The minimum atomic E-state index is 0.741. The zero-order valence-electron chi connectivity index (χ0n) is 13.8. The van der Waals surface area contributed by atoms with Crippen LogP contribution in [-0.4, -0.2) is 10.7 Å². The van der Waals surface area contributed by atoms with Crippen molar-refractivity contribution < 1.29 is 0 Å². The van der Waals surface area contributed by atoms with Gasteiger partial charge in [-0.05, 0) is 58.7 Å². The highest BCUT2D eigenvalue weighted by molar-refractivity contribution is 7.99. The number of nitriles is 1. The van der Waals surface area contributed by atoms with Gasteiger partial charge in [-0.25, -0.2) is 4.98 Å². The lowest BCUT2D eigenvalue weighted by molar-refractivity contribution is 1.05. The van der Waals surface area contributed by atoms with Gasteiger partial charge in [-0.3, -0.25) is 0 Å². The highest BCUT2D eigenvalue weighted by Crippen LogP contribution is 2.44. The first-order valence-corrected chi connectivity index (χ1v) is 10.9. The van der Waals surface area contributed by atoms with Crippen LogP contribution < -0.4 is 0 Å². The molecule has 5 heteroatoms. The molecule has 0 saturated carbocycles.